The number of imidazole rings is 1. The average Bonchev–Trinajstić information content (AvgIpc) is 3.38. The van der Waals surface area contributed by atoms with E-state index in [9.17, 15) is 14.4 Å². The highest BCUT2D eigenvalue weighted by Crippen LogP contribution is 2.27. The van der Waals surface area contributed by atoms with Crippen LogP contribution in [0, 0.1) is 0 Å². The number of halogens is 1. The third-order valence-electron chi connectivity index (χ3n) is 4.53. The highest BCUT2D eigenvalue weighted by molar-refractivity contribution is 9.10. The lowest BCUT2D eigenvalue weighted by Gasteiger charge is -2.08. The molecule has 0 radical (unpaired) electrons. The molecule has 0 unspecified atom stereocenters. The molecule has 8 nitrogen and oxygen atoms in total. The summed E-state index contributed by atoms with van der Waals surface area (Å²) in [4.78, 5) is 45.5. The molecule has 3 N–H and O–H groups in total. The third kappa shape index (κ3) is 4.75. The van der Waals surface area contributed by atoms with Crippen LogP contribution in [0.5, 0.6) is 0 Å². The summed E-state index contributed by atoms with van der Waals surface area (Å²) in [6.45, 7) is 1.62. The minimum Gasteiger partial charge on any atom is -0.451 e. The second-order valence-corrected chi connectivity index (χ2v) is 8.38. The molecule has 4 rings (SSSR count). The number of aromatic nitrogens is 3. The summed E-state index contributed by atoms with van der Waals surface area (Å²) in [5.41, 5.74) is 3.53. The van der Waals surface area contributed by atoms with Crippen molar-refractivity contribution >= 4 is 55.9 Å². The van der Waals surface area contributed by atoms with Gasteiger partial charge in [0, 0.05) is 15.4 Å². The Morgan fingerprint density at radius 1 is 1.16 bits per heavy atom. The SMILES string of the molecule is CCc1ccc(-c2nc(C(=O)OCC(=O)Nc3cc4[nH]c(=O)[nH]c4cc3Br)cs2)cc1. The van der Waals surface area contributed by atoms with Crippen molar-refractivity contribution in [2.45, 2.75) is 13.3 Å². The lowest BCUT2D eigenvalue weighted by molar-refractivity contribution is -0.119. The molecule has 0 saturated carbocycles. The normalized spacial score (nSPS) is 10.9. The van der Waals surface area contributed by atoms with Crippen molar-refractivity contribution in [1.82, 2.24) is 15.0 Å². The Bertz CT molecular complexity index is 1320. The van der Waals surface area contributed by atoms with Gasteiger partial charge in [-0.25, -0.2) is 14.6 Å². The number of fused-ring (bicyclic) bond motifs is 1. The number of hydrogen-bond donors (Lipinski definition) is 3. The van der Waals surface area contributed by atoms with Crippen molar-refractivity contribution in [3.8, 4) is 10.6 Å². The van der Waals surface area contributed by atoms with Crippen molar-refractivity contribution in [3.05, 3.63) is 68.0 Å². The number of aromatic amines is 2. The summed E-state index contributed by atoms with van der Waals surface area (Å²) < 4.78 is 5.67. The van der Waals surface area contributed by atoms with Crippen LogP contribution in [0.25, 0.3) is 21.6 Å². The van der Waals surface area contributed by atoms with Crippen LogP contribution >= 0.6 is 27.3 Å². The predicted molar refractivity (Wildman–Crippen MR) is 122 cm³/mol. The van der Waals surface area contributed by atoms with Crippen LogP contribution < -0.4 is 11.0 Å². The van der Waals surface area contributed by atoms with Gasteiger partial charge < -0.3 is 20.0 Å². The Morgan fingerprint density at radius 3 is 2.58 bits per heavy atom. The highest BCUT2D eigenvalue weighted by atomic mass is 79.9. The molecule has 158 valence electrons. The first-order valence-corrected chi connectivity index (χ1v) is 11.0. The Kier molecular flexibility index (Phi) is 6.01. The molecule has 0 bridgehead atoms. The first-order valence-electron chi connectivity index (χ1n) is 9.36. The Hall–Kier alpha value is -3.24. The Morgan fingerprint density at radius 2 is 1.87 bits per heavy atom. The quantitative estimate of drug-likeness (QED) is 0.344. The largest absolute Gasteiger partial charge is 0.451 e. The number of esters is 1. The zero-order valence-corrected chi connectivity index (χ0v) is 18.7. The van der Waals surface area contributed by atoms with E-state index in [0.29, 0.717) is 26.2 Å². The van der Waals surface area contributed by atoms with Gasteiger partial charge in [-0.1, -0.05) is 31.2 Å². The Labute approximate surface area is 188 Å². The van der Waals surface area contributed by atoms with E-state index in [2.05, 4.69) is 43.1 Å². The summed E-state index contributed by atoms with van der Waals surface area (Å²) in [6, 6.07) is 11.3. The number of nitrogens with one attached hydrogen (secondary N) is 3. The molecule has 1 amide bonds. The molecular weight excluding hydrogens is 484 g/mol. The van der Waals surface area contributed by atoms with Gasteiger partial charge in [-0.2, -0.15) is 0 Å². The van der Waals surface area contributed by atoms with Crippen molar-refractivity contribution < 1.29 is 14.3 Å². The molecule has 0 aliphatic rings. The lowest BCUT2D eigenvalue weighted by atomic mass is 10.1. The molecular formula is C21H17BrN4O4S. The maximum absolute atomic E-state index is 12.3. The second kappa shape index (κ2) is 8.86. The van der Waals surface area contributed by atoms with Gasteiger partial charge in [-0.15, -0.1) is 11.3 Å². The van der Waals surface area contributed by atoms with Crippen molar-refractivity contribution in [3.63, 3.8) is 0 Å². The molecule has 0 fully saturated rings. The highest BCUT2D eigenvalue weighted by Gasteiger charge is 2.16. The van der Waals surface area contributed by atoms with E-state index < -0.39 is 18.5 Å². The number of carbonyl (C=O) groups excluding carboxylic acids is 2. The van der Waals surface area contributed by atoms with Gasteiger partial charge in [0.25, 0.3) is 5.91 Å². The van der Waals surface area contributed by atoms with Gasteiger partial charge >= 0.3 is 11.7 Å². The van der Waals surface area contributed by atoms with Gasteiger partial charge in [-0.3, -0.25) is 4.79 Å². The molecule has 0 aliphatic heterocycles. The van der Waals surface area contributed by atoms with Crippen LogP contribution in [0.15, 0.2) is 51.0 Å². The van der Waals surface area contributed by atoms with E-state index in [4.69, 9.17) is 4.74 Å². The number of amides is 1. The monoisotopic (exact) mass is 500 g/mol. The molecule has 0 aliphatic carbocycles. The zero-order chi connectivity index (χ0) is 22.0. The molecule has 2 aromatic carbocycles. The first kappa shape index (κ1) is 21.0. The van der Waals surface area contributed by atoms with Gasteiger partial charge in [-0.05, 0) is 40.0 Å². The van der Waals surface area contributed by atoms with Crippen LogP contribution in [0.2, 0.25) is 0 Å². The molecule has 0 saturated heterocycles. The van der Waals surface area contributed by atoms with Gasteiger partial charge in [0.05, 0.1) is 16.7 Å². The van der Waals surface area contributed by atoms with Crippen LogP contribution in [0.3, 0.4) is 0 Å². The zero-order valence-electron chi connectivity index (χ0n) is 16.3. The van der Waals surface area contributed by atoms with Crippen LogP contribution in [-0.4, -0.2) is 33.4 Å². The van der Waals surface area contributed by atoms with E-state index in [0.717, 1.165) is 12.0 Å². The Balaban J connectivity index is 1.37. The van der Waals surface area contributed by atoms with E-state index in [1.54, 1.807) is 17.5 Å². The fourth-order valence-corrected chi connectivity index (χ4v) is 4.16. The number of hydrogen-bond acceptors (Lipinski definition) is 6. The smallest absolute Gasteiger partial charge is 0.358 e. The van der Waals surface area contributed by atoms with Crippen LogP contribution in [-0.2, 0) is 16.0 Å². The van der Waals surface area contributed by atoms with Crippen molar-refractivity contribution in [2.24, 2.45) is 0 Å². The van der Waals surface area contributed by atoms with E-state index in [-0.39, 0.29) is 11.4 Å². The minimum absolute atomic E-state index is 0.153. The van der Waals surface area contributed by atoms with Crippen LogP contribution in [0.1, 0.15) is 23.0 Å². The predicted octanol–water partition coefficient (Wildman–Crippen LogP) is 4.10. The number of anilines is 1. The first-order chi connectivity index (χ1) is 14.9. The third-order valence-corrected chi connectivity index (χ3v) is 6.08. The number of ether oxygens (including phenoxy) is 1. The number of nitrogens with zero attached hydrogens (tertiary/aromatic N) is 1. The number of rotatable bonds is 6. The van der Waals surface area contributed by atoms with E-state index in [1.807, 2.05) is 24.3 Å². The van der Waals surface area contributed by atoms with Gasteiger partial charge in [0.15, 0.2) is 12.3 Å². The van der Waals surface area contributed by atoms with Crippen LogP contribution in [0.4, 0.5) is 5.69 Å². The second-order valence-electron chi connectivity index (χ2n) is 6.67. The summed E-state index contributed by atoms with van der Waals surface area (Å²) in [5, 5.41) is 4.96. The molecule has 2 heterocycles. The lowest BCUT2D eigenvalue weighted by Crippen LogP contribution is -2.21. The molecule has 2 aromatic heterocycles. The fraction of sp³-hybridized carbons (Fsp3) is 0.143. The van der Waals surface area contributed by atoms with Gasteiger partial charge in [0.2, 0.25) is 0 Å². The number of aryl methyl sites for hydroxylation is 1. The van der Waals surface area contributed by atoms with Crippen molar-refractivity contribution in [2.75, 3.05) is 11.9 Å². The molecule has 0 atom stereocenters. The standard InChI is InChI=1S/C21H17BrN4O4S/c1-2-11-3-5-12(6-4-11)19-24-17(10-31-19)20(28)30-9-18(27)23-14-8-16-15(7-13(14)22)25-21(29)26-16/h3-8,10H,2,9H2,1H3,(H,23,27)(H2,25,26,29). The topological polar surface area (TPSA) is 117 Å². The average molecular weight is 501 g/mol. The molecule has 4 aromatic rings. The fourth-order valence-electron chi connectivity index (χ4n) is 2.93. The summed E-state index contributed by atoms with van der Waals surface area (Å²) in [6.07, 6.45) is 0.950. The summed E-state index contributed by atoms with van der Waals surface area (Å²) in [7, 11) is 0. The van der Waals surface area contributed by atoms with E-state index >= 15 is 0 Å². The number of thiazole rings is 1. The number of benzene rings is 2. The summed E-state index contributed by atoms with van der Waals surface area (Å²) in [5.74, 6) is -1.19. The molecule has 10 heteroatoms. The van der Waals surface area contributed by atoms with E-state index in [1.165, 1.54) is 16.9 Å². The van der Waals surface area contributed by atoms with Crippen molar-refractivity contribution in [1.29, 1.82) is 0 Å². The molecule has 31 heavy (non-hydrogen) atoms. The minimum atomic E-state index is -0.674. The maximum Gasteiger partial charge on any atom is 0.358 e. The van der Waals surface area contributed by atoms with Gasteiger partial charge in [0.1, 0.15) is 5.01 Å². The molecule has 0 spiro atoms. The summed E-state index contributed by atoms with van der Waals surface area (Å²) >= 11 is 4.67. The number of carbonyl (C=O) groups is 2. The maximum atomic E-state index is 12.3. The number of H-pyrrole nitrogens is 2.